The fraction of sp³-hybridized carbons (Fsp3) is 0.400. The minimum Gasteiger partial charge on any atom is -0.354 e. The van der Waals surface area contributed by atoms with Gasteiger partial charge in [-0.15, -0.1) is 0 Å². The van der Waals surface area contributed by atoms with E-state index < -0.39 is 0 Å². The molecule has 0 saturated heterocycles. The van der Waals surface area contributed by atoms with Gasteiger partial charge in [-0.2, -0.15) is 0 Å². The smallest absolute Gasteiger partial charge is 0.175 e. The van der Waals surface area contributed by atoms with E-state index in [0.717, 1.165) is 5.56 Å². The van der Waals surface area contributed by atoms with Crippen LogP contribution < -0.4 is 5.73 Å². The molecular weight excluding hydrogens is 166 g/mol. The van der Waals surface area contributed by atoms with E-state index in [1.807, 2.05) is 30.3 Å². The van der Waals surface area contributed by atoms with E-state index in [-0.39, 0.29) is 12.3 Å². The number of rotatable bonds is 4. The van der Waals surface area contributed by atoms with E-state index in [4.69, 9.17) is 15.2 Å². The third kappa shape index (κ3) is 2.52. The Kier molecular flexibility index (Phi) is 3.89. The van der Waals surface area contributed by atoms with Crippen LogP contribution in [-0.2, 0) is 9.47 Å². The zero-order valence-corrected chi connectivity index (χ0v) is 7.94. The van der Waals surface area contributed by atoms with Gasteiger partial charge in [-0.3, -0.25) is 0 Å². The predicted molar refractivity (Wildman–Crippen MR) is 51.2 cm³/mol. The van der Waals surface area contributed by atoms with E-state index in [9.17, 15) is 0 Å². The molecule has 0 radical (unpaired) electrons. The third-order valence-corrected chi connectivity index (χ3v) is 1.94. The summed E-state index contributed by atoms with van der Waals surface area (Å²) in [6, 6.07) is 9.50. The number of nitrogens with two attached hydrogens (primary N) is 1. The van der Waals surface area contributed by atoms with Gasteiger partial charge in [0.15, 0.2) is 6.29 Å². The minimum atomic E-state index is -0.387. The molecule has 1 aromatic carbocycles. The second-order valence-corrected chi connectivity index (χ2v) is 2.78. The Labute approximate surface area is 78.5 Å². The third-order valence-electron chi connectivity index (χ3n) is 1.94. The lowest BCUT2D eigenvalue weighted by molar-refractivity contribution is -0.117. The summed E-state index contributed by atoms with van der Waals surface area (Å²) < 4.78 is 10.1. The Morgan fingerprint density at radius 3 is 2.08 bits per heavy atom. The minimum absolute atomic E-state index is 0.240. The maximum absolute atomic E-state index is 5.91. The molecule has 1 rings (SSSR count). The Morgan fingerprint density at radius 2 is 1.62 bits per heavy atom. The van der Waals surface area contributed by atoms with Gasteiger partial charge in [0.25, 0.3) is 0 Å². The molecule has 1 aromatic rings. The molecule has 0 fully saturated rings. The maximum atomic E-state index is 5.91. The highest BCUT2D eigenvalue weighted by Crippen LogP contribution is 2.15. The van der Waals surface area contributed by atoms with Crippen molar-refractivity contribution >= 4 is 0 Å². The fourth-order valence-corrected chi connectivity index (χ4v) is 1.22. The summed E-state index contributed by atoms with van der Waals surface area (Å²) in [5.41, 5.74) is 6.92. The monoisotopic (exact) mass is 181 g/mol. The molecule has 3 heteroatoms. The first kappa shape index (κ1) is 10.2. The van der Waals surface area contributed by atoms with Gasteiger partial charge in [-0.1, -0.05) is 30.3 Å². The van der Waals surface area contributed by atoms with Gasteiger partial charge < -0.3 is 15.2 Å². The standard InChI is InChI=1S/C10H15NO2/c1-12-10(13-2)9(11)8-6-4-3-5-7-8/h3-7,9-10H,11H2,1-2H3. The zero-order valence-electron chi connectivity index (χ0n) is 7.94. The van der Waals surface area contributed by atoms with Crippen LogP contribution in [0.25, 0.3) is 0 Å². The second-order valence-electron chi connectivity index (χ2n) is 2.78. The molecular formula is C10H15NO2. The average molecular weight is 181 g/mol. The summed E-state index contributed by atoms with van der Waals surface area (Å²) in [6.45, 7) is 0. The van der Waals surface area contributed by atoms with Crippen molar-refractivity contribution in [3.63, 3.8) is 0 Å². The van der Waals surface area contributed by atoms with E-state index in [2.05, 4.69) is 0 Å². The lowest BCUT2D eigenvalue weighted by atomic mass is 10.1. The van der Waals surface area contributed by atoms with Gasteiger partial charge in [-0.05, 0) is 5.56 Å². The first-order chi connectivity index (χ1) is 6.29. The van der Waals surface area contributed by atoms with Gasteiger partial charge in [0.1, 0.15) is 0 Å². The SMILES string of the molecule is COC(OC)C(N)c1ccccc1. The first-order valence-electron chi connectivity index (χ1n) is 4.15. The number of hydrogen-bond acceptors (Lipinski definition) is 3. The summed E-state index contributed by atoms with van der Waals surface area (Å²) >= 11 is 0. The topological polar surface area (TPSA) is 44.5 Å². The molecule has 1 atom stereocenters. The van der Waals surface area contributed by atoms with Crippen LogP contribution in [0.4, 0.5) is 0 Å². The van der Waals surface area contributed by atoms with Gasteiger partial charge in [0.2, 0.25) is 0 Å². The van der Waals surface area contributed by atoms with Crippen LogP contribution in [0.15, 0.2) is 30.3 Å². The molecule has 13 heavy (non-hydrogen) atoms. The summed E-state index contributed by atoms with van der Waals surface area (Å²) in [5.74, 6) is 0. The van der Waals surface area contributed by atoms with Crippen LogP contribution in [0.2, 0.25) is 0 Å². The van der Waals surface area contributed by atoms with Gasteiger partial charge >= 0.3 is 0 Å². The summed E-state index contributed by atoms with van der Waals surface area (Å²) in [6.07, 6.45) is -0.387. The number of hydrogen-bond donors (Lipinski definition) is 1. The van der Waals surface area contributed by atoms with E-state index in [1.54, 1.807) is 14.2 Å². The molecule has 0 aromatic heterocycles. The van der Waals surface area contributed by atoms with Crippen molar-refractivity contribution < 1.29 is 9.47 Å². The van der Waals surface area contributed by atoms with Crippen molar-refractivity contribution in [2.24, 2.45) is 5.73 Å². The van der Waals surface area contributed by atoms with Crippen molar-refractivity contribution in [3.05, 3.63) is 35.9 Å². The van der Waals surface area contributed by atoms with Gasteiger partial charge in [-0.25, -0.2) is 0 Å². The van der Waals surface area contributed by atoms with Crippen LogP contribution in [0.1, 0.15) is 11.6 Å². The van der Waals surface area contributed by atoms with Gasteiger partial charge in [0.05, 0.1) is 6.04 Å². The van der Waals surface area contributed by atoms with Crippen molar-refractivity contribution in [3.8, 4) is 0 Å². The molecule has 0 aliphatic carbocycles. The predicted octanol–water partition coefficient (Wildman–Crippen LogP) is 1.31. The highest BCUT2D eigenvalue weighted by Gasteiger charge is 2.17. The van der Waals surface area contributed by atoms with Gasteiger partial charge in [0, 0.05) is 14.2 Å². The van der Waals surface area contributed by atoms with Crippen molar-refractivity contribution in [2.45, 2.75) is 12.3 Å². The highest BCUT2D eigenvalue weighted by atomic mass is 16.7. The van der Waals surface area contributed by atoms with Crippen LogP contribution in [0.5, 0.6) is 0 Å². The van der Waals surface area contributed by atoms with Crippen molar-refractivity contribution in [1.82, 2.24) is 0 Å². The molecule has 0 heterocycles. The Hall–Kier alpha value is -0.900. The summed E-state index contributed by atoms with van der Waals surface area (Å²) in [7, 11) is 3.16. The molecule has 0 amide bonds. The first-order valence-corrected chi connectivity index (χ1v) is 4.15. The largest absolute Gasteiger partial charge is 0.354 e. The molecule has 1 unspecified atom stereocenters. The lowest BCUT2D eigenvalue weighted by Crippen LogP contribution is -2.29. The Bertz CT molecular complexity index is 234. The van der Waals surface area contributed by atoms with Crippen molar-refractivity contribution in [2.75, 3.05) is 14.2 Å². The fourth-order valence-electron chi connectivity index (χ4n) is 1.22. The lowest BCUT2D eigenvalue weighted by Gasteiger charge is -2.20. The number of ether oxygens (including phenoxy) is 2. The van der Waals surface area contributed by atoms with Crippen LogP contribution in [-0.4, -0.2) is 20.5 Å². The molecule has 0 saturated carbocycles. The molecule has 0 bridgehead atoms. The van der Waals surface area contributed by atoms with E-state index >= 15 is 0 Å². The maximum Gasteiger partial charge on any atom is 0.175 e. The molecule has 0 spiro atoms. The Morgan fingerprint density at radius 1 is 1.08 bits per heavy atom. The number of methoxy groups -OCH3 is 2. The Balaban J connectivity index is 2.72. The normalized spacial score (nSPS) is 13.2. The number of benzene rings is 1. The van der Waals surface area contributed by atoms with Crippen LogP contribution in [0, 0.1) is 0 Å². The average Bonchev–Trinajstić information content (AvgIpc) is 2.21. The zero-order chi connectivity index (χ0) is 9.68. The van der Waals surface area contributed by atoms with E-state index in [1.165, 1.54) is 0 Å². The van der Waals surface area contributed by atoms with Crippen LogP contribution >= 0.6 is 0 Å². The molecule has 3 nitrogen and oxygen atoms in total. The summed E-state index contributed by atoms with van der Waals surface area (Å²) in [4.78, 5) is 0. The second kappa shape index (κ2) is 4.97. The molecule has 0 aliphatic rings. The van der Waals surface area contributed by atoms with Crippen LogP contribution in [0.3, 0.4) is 0 Å². The molecule has 2 N–H and O–H groups in total. The quantitative estimate of drug-likeness (QED) is 0.712. The van der Waals surface area contributed by atoms with Crippen molar-refractivity contribution in [1.29, 1.82) is 0 Å². The molecule has 0 aliphatic heterocycles. The highest BCUT2D eigenvalue weighted by molar-refractivity contribution is 5.18. The molecule has 72 valence electrons. The summed E-state index contributed by atoms with van der Waals surface area (Å²) in [5, 5.41) is 0. The van der Waals surface area contributed by atoms with E-state index in [0.29, 0.717) is 0 Å².